The predicted octanol–water partition coefficient (Wildman–Crippen LogP) is 24.1. The number of benzene rings is 12. The van der Waals surface area contributed by atoms with Crippen LogP contribution in [0.2, 0.25) is 0 Å². The van der Waals surface area contributed by atoms with E-state index >= 15 is 0 Å². The molecule has 572 valence electrons. The Labute approximate surface area is 724 Å². The minimum absolute atomic E-state index is 0. The number of hydrogen-bond acceptors (Lipinski definition) is 7. The third-order valence-corrected chi connectivity index (χ3v) is 22.3. The number of rotatable bonds is 6. The van der Waals surface area contributed by atoms with E-state index in [0.29, 0.717) is 5.56 Å². The van der Waals surface area contributed by atoms with E-state index in [0.717, 1.165) is 63.7 Å². The maximum atomic E-state index is 10.0. The Morgan fingerprint density at radius 3 is 1.76 bits per heavy atom. The molecule has 12 aromatic carbocycles. The second-order valence-corrected chi connectivity index (χ2v) is 29.4. The van der Waals surface area contributed by atoms with Gasteiger partial charge in [0, 0.05) is 135 Å². The molecule has 9 aromatic heterocycles. The summed E-state index contributed by atoms with van der Waals surface area (Å²) < 4.78 is 70.8. The maximum Gasteiger partial charge on any atom is 0.295 e. The topological polar surface area (TPSA) is 96.9 Å². The Morgan fingerprint density at radius 1 is 0.487 bits per heavy atom. The molecule has 0 fully saturated rings. The van der Waals surface area contributed by atoms with Gasteiger partial charge in [-0.2, -0.15) is 24.9 Å². The number of aryl methyl sites for hydroxylation is 1. The first-order chi connectivity index (χ1) is 59.6. The summed E-state index contributed by atoms with van der Waals surface area (Å²) in [6, 6.07) is 113. The van der Waals surface area contributed by atoms with E-state index in [1.165, 1.54) is 122 Å². The first kappa shape index (κ1) is 70.7. The molecule has 0 aliphatic carbocycles. The average molecular weight is 1920 g/mol. The molecule has 2 radical (unpaired) electrons. The van der Waals surface area contributed by atoms with Crippen molar-refractivity contribution in [1.29, 1.82) is 0 Å². The summed E-state index contributed by atoms with van der Waals surface area (Å²) in [5, 5.41) is 17.7. The van der Waals surface area contributed by atoms with Crippen molar-refractivity contribution in [3.05, 3.63) is 412 Å². The van der Waals surface area contributed by atoms with Gasteiger partial charge in [-0.25, -0.2) is 4.57 Å². The minimum atomic E-state index is -0.344. The van der Waals surface area contributed by atoms with E-state index < -0.39 is 0 Å². The summed E-state index contributed by atoms with van der Waals surface area (Å²) in [6.07, 6.45) is 8.35. The second-order valence-electron chi connectivity index (χ2n) is 27.3. The average Bonchev–Trinajstić information content (AvgIpc) is 1.55. The van der Waals surface area contributed by atoms with Crippen molar-refractivity contribution in [3.63, 3.8) is 0 Å². The fourth-order valence-corrected chi connectivity index (χ4v) is 17.5. The summed E-state index contributed by atoms with van der Waals surface area (Å²) in [7, 11) is 0. The molecule has 0 saturated heterocycles. The summed E-state index contributed by atoms with van der Waals surface area (Å²) in [5.41, 5.74) is 18.6. The SMILES string of the molecule is CC(=O)C=C(C)O.CC[n+]1c2ccccc2n2c3ccccc3c3ccccc3c21.[2H]c1c[n+]2c(c([2H])c1[2H])-c1c([2H])c([2H])c([2H])c([2H])c1C2.[Ir].[Ir].[c-]1ccc2c(sc3ccccc32)c1-c1ccccn1.[c-]1ccccc1-c1ccccn1.[c-]1ccccc1-c1nc2ccccc2n1-c1ccccc1.c1cc[n+]2c(c1)-c1c(ccc3c1sc1ccccc13)C2. The van der Waals surface area contributed by atoms with Gasteiger partial charge < -0.3 is 19.6 Å². The molecule has 0 spiro atoms. The Balaban J connectivity index is 0.000000114. The van der Waals surface area contributed by atoms with Gasteiger partial charge >= 0.3 is 0 Å². The number of aromatic nitrogens is 8. The van der Waals surface area contributed by atoms with Crippen LogP contribution in [0.5, 0.6) is 0 Å². The van der Waals surface area contributed by atoms with Gasteiger partial charge in [0.1, 0.15) is 5.52 Å². The number of ketones is 1. The smallest absolute Gasteiger partial charge is 0.295 e. The number of imidazole rings is 2. The standard InChI is InChI=1S/C21H17N2.C19H13N2.C18H12NS.C17H10NS.C12H10N.C11H8N.C5H8O2.2Ir/c1-2-22-19-13-7-8-14-20(19)23-18-12-6-5-10-16(18)15-9-3-4-11-17(15)21(22)23;1-3-9-15(10-4-1)19-20-17-13-7-8-14-18(17)21(19)16-11-5-2-6-12-16;1-2-7-16-13(5-1)14-9-8-12-11-19-10-4-3-6-15(19)17(12)18(14)20-16;1-2-10-16-12(6-1)13-7-5-8-14(17(13)19-16)15-9-3-4-11-18-15;1-2-6-11-10(5-1)9-13-8-4-3-7-12(11)13;1-2-6-10(7-3-1)11-8-4-5-9-12-11;1-4(6)3-5(2)7;;/h3-14H,2H2,1H3;1-9,11-14H;1-10H,11H2;1-7,9-11H;1-8H,9H2;1-6,8-9H;3,6H,1-2H3;;/q+1;-1;+1;-1;+1;-1;;;/i;;;;1D,2D,3D,4D,5D,6D,7D;;;;. The van der Waals surface area contributed by atoms with E-state index in [-0.39, 0.29) is 112 Å². The molecule has 0 amide bonds. The maximum absolute atomic E-state index is 10.0. The van der Waals surface area contributed by atoms with Crippen LogP contribution in [-0.2, 0) is 64.6 Å². The van der Waals surface area contributed by atoms with Crippen LogP contribution in [0.25, 0.3) is 152 Å². The number of aliphatic hydroxyl groups is 1. The van der Waals surface area contributed by atoms with Gasteiger partial charge in [-0.3, -0.25) is 9.78 Å². The number of fused-ring (bicyclic) bond motifs is 22. The molecule has 10 nitrogen and oxygen atoms in total. The molecular formula is C103H78Ir2N8O2S2. The molecule has 0 bridgehead atoms. The summed E-state index contributed by atoms with van der Waals surface area (Å²) in [5.74, 6) is 0.857. The quantitative estimate of drug-likeness (QED) is 0.0588. The largest absolute Gasteiger partial charge is 0.512 e. The van der Waals surface area contributed by atoms with Crippen molar-refractivity contribution < 1.29 is 73.4 Å². The summed E-state index contributed by atoms with van der Waals surface area (Å²) in [4.78, 5) is 23.5. The Hall–Kier alpha value is -12.9. The van der Waals surface area contributed by atoms with Crippen molar-refractivity contribution in [2.45, 2.75) is 40.4 Å². The molecule has 2 aliphatic rings. The molecular weight excluding hydrogens is 1830 g/mol. The second kappa shape index (κ2) is 36.7. The number of pyridine rings is 5. The van der Waals surface area contributed by atoms with E-state index in [1.54, 1.807) is 10.8 Å². The van der Waals surface area contributed by atoms with Gasteiger partial charge in [0.25, 0.3) is 5.65 Å². The molecule has 2 aliphatic heterocycles. The molecule has 23 rings (SSSR count). The number of para-hydroxylation sites is 6. The Bertz CT molecular complexity index is 7510. The van der Waals surface area contributed by atoms with Gasteiger partial charge in [-0.15, -0.1) is 107 Å². The third kappa shape index (κ3) is 16.7. The molecule has 0 unspecified atom stereocenters. The molecule has 0 atom stereocenters. The molecule has 21 aromatic rings. The summed E-state index contributed by atoms with van der Waals surface area (Å²) >= 11 is 3.73. The monoisotopic (exact) mass is 1920 g/mol. The number of hydrogen-bond donors (Lipinski definition) is 1. The van der Waals surface area contributed by atoms with Crippen molar-refractivity contribution in [2.75, 3.05) is 0 Å². The van der Waals surface area contributed by atoms with Gasteiger partial charge in [0.15, 0.2) is 42.3 Å². The van der Waals surface area contributed by atoms with Crippen LogP contribution in [0.3, 0.4) is 0 Å². The van der Waals surface area contributed by atoms with Crippen LogP contribution < -0.4 is 13.7 Å². The minimum Gasteiger partial charge on any atom is -0.512 e. The fraction of sp³-hybridized carbons (Fsp3) is 0.0583. The number of nitrogens with zero attached hydrogens (tertiary/aromatic N) is 8. The number of aliphatic hydroxyl groups excluding tert-OH is 1. The zero-order valence-corrected chi connectivity index (χ0v) is 70.2. The van der Waals surface area contributed by atoms with Crippen LogP contribution in [-0.4, -0.2) is 34.8 Å². The molecule has 14 heteroatoms. The van der Waals surface area contributed by atoms with Gasteiger partial charge in [0.2, 0.25) is 11.4 Å². The number of thiophene rings is 2. The first-order valence-corrected chi connectivity index (χ1v) is 39.5. The Kier molecular flexibility index (Phi) is 22.2. The number of allylic oxidation sites excluding steroid dienone is 2. The van der Waals surface area contributed by atoms with E-state index in [1.807, 2.05) is 156 Å². The van der Waals surface area contributed by atoms with Gasteiger partial charge in [-0.1, -0.05) is 175 Å². The molecule has 1 N–H and O–H groups in total. The first-order valence-electron chi connectivity index (χ1n) is 41.4. The molecule has 0 saturated carbocycles. The summed E-state index contributed by atoms with van der Waals surface area (Å²) in [6.45, 7) is 7.21. The predicted molar refractivity (Wildman–Crippen MR) is 473 cm³/mol. The van der Waals surface area contributed by atoms with E-state index in [4.69, 9.17) is 19.7 Å². The van der Waals surface area contributed by atoms with Crippen LogP contribution in [0.4, 0.5) is 0 Å². The zero-order valence-electron chi connectivity index (χ0n) is 70.8. The zero-order chi connectivity index (χ0) is 84.1. The normalized spacial score (nSPS) is 12.2. The number of carbonyl (C=O) groups is 1. The molecule has 11 heterocycles. The molecule has 117 heavy (non-hydrogen) atoms. The van der Waals surface area contributed by atoms with Crippen molar-refractivity contribution >= 4 is 118 Å². The van der Waals surface area contributed by atoms with E-state index in [9.17, 15) is 4.79 Å². The van der Waals surface area contributed by atoms with Gasteiger partial charge in [-0.05, 0) is 133 Å². The van der Waals surface area contributed by atoms with Crippen LogP contribution in [0, 0.1) is 18.2 Å². The van der Waals surface area contributed by atoms with Crippen molar-refractivity contribution in [2.24, 2.45) is 0 Å². The van der Waals surface area contributed by atoms with E-state index in [2.05, 4.69) is 235 Å². The number of carbonyl (C=O) groups excluding carboxylic acids is 1. The van der Waals surface area contributed by atoms with Gasteiger partial charge in [0.05, 0.1) is 55.3 Å². The Morgan fingerprint density at radius 2 is 1.07 bits per heavy atom. The fourth-order valence-electron chi connectivity index (χ4n) is 15.0. The van der Waals surface area contributed by atoms with Crippen LogP contribution >= 0.6 is 22.7 Å². The van der Waals surface area contributed by atoms with Crippen molar-refractivity contribution in [3.8, 4) is 62.1 Å². The van der Waals surface area contributed by atoms with Crippen molar-refractivity contribution in [1.82, 2.24) is 23.9 Å². The third-order valence-electron chi connectivity index (χ3n) is 19.9. The van der Waals surface area contributed by atoms with Crippen LogP contribution in [0.1, 0.15) is 41.5 Å². The van der Waals surface area contributed by atoms with Crippen LogP contribution in [0.15, 0.2) is 382 Å².